The maximum absolute atomic E-state index is 12.2. The molecule has 0 radical (unpaired) electrons. The molecule has 7 heteroatoms. The van der Waals surface area contributed by atoms with Crippen molar-refractivity contribution in [2.45, 2.75) is 13.8 Å². The second-order valence-electron chi connectivity index (χ2n) is 4.96. The smallest absolute Gasteiger partial charge is 0.274 e. The van der Waals surface area contributed by atoms with E-state index in [1.54, 1.807) is 11.1 Å². The van der Waals surface area contributed by atoms with Crippen LogP contribution < -0.4 is 14.8 Å². The maximum atomic E-state index is 12.2. The number of nitrogens with one attached hydrogen (secondary N) is 1. The summed E-state index contributed by atoms with van der Waals surface area (Å²) in [5, 5.41) is 3.12. The first kappa shape index (κ1) is 15.1. The first-order valence-electron chi connectivity index (χ1n) is 7.49. The highest BCUT2D eigenvalue weighted by molar-refractivity contribution is 5.92. The number of hydrogen-bond donors (Lipinski definition) is 1. The fraction of sp³-hybridized carbons (Fsp3) is 0.312. The summed E-state index contributed by atoms with van der Waals surface area (Å²) in [6, 6.07) is 5.53. The van der Waals surface area contributed by atoms with E-state index in [2.05, 4.69) is 15.3 Å². The third-order valence-electron chi connectivity index (χ3n) is 3.57. The van der Waals surface area contributed by atoms with E-state index in [0.717, 1.165) is 11.4 Å². The fourth-order valence-electron chi connectivity index (χ4n) is 2.30. The lowest BCUT2D eigenvalue weighted by Crippen LogP contribution is -2.31. The Bertz CT molecular complexity index is 699. The zero-order valence-electron chi connectivity index (χ0n) is 13.1. The monoisotopic (exact) mass is 314 g/mol. The summed E-state index contributed by atoms with van der Waals surface area (Å²) in [6.45, 7) is 5.40. The Kier molecular flexibility index (Phi) is 4.27. The van der Waals surface area contributed by atoms with Gasteiger partial charge in [0.05, 0.1) is 12.4 Å². The van der Waals surface area contributed by atoms with Crippen molar-refractivity contribution in [3.8, 4) is 11.5 Å². The van der Waals surface area contributed by atoms with Crippen LogP contribution in [0.3, 0.4) is 0 Å². The molecule has 0 spiro atoms. The molecule has 2 heterocycles. The molecule has 3 rings (SSSR count). The number of rotatable bonds is 5. The summed E-state index contributed by atoms with van der Waals surface area (Å²) in [4.78, 5) is 22.3. The summed E-state index contributed by atoms with van der Waals surface area (Å²) in [6.07, 6.45) is 3.03. The molecule has 0 saturated heterocycles. The van der Waals surface area contributed by atoms with Gasteiger partial charge in [-0.2, -0.15) is 0 Å². The lowest BCUT2D eigenvalue weighted by molar-refractivity contribution is 0.0766. The molecule has 0 aliphatic carbocycles. The van der Waals surface area contributed by atoms with Crippen molar-refractivity contribution in [3.05, 3.63) is 36.3 Å². The molecule has 1 aliphatic rings. The van der Waals surface area contributed by atoms with Gasteiger partial charge in [0.2, 0.25) is 6.79 Å². The molecule has 0 fully saturated rings. The minimum Gasteiger partial charge on any atom is -0.454 e. The number of hydrogen-bond acceptors (Lipinski definition) is 6. The van der Waals surface area contributed by atoms with Crippen LogP contribution in [0.15, 0.2) is 30.6 Å². The summed E-state index contributed by atoms with van der Waals surface area (Å²) >= 11 is 0. The molecule has 1 aromatic carbocycles. The summed E-state index contributed by atoms with van der Waals surface area (Å²) < 4.78 is 10.6. The second-order valence-corrected chi connectivity index (χ2v) is 4.96. The first-order chi connectivity index (χ1) is 11.2. The van der Waals surface area contributed by atoms with Gasteiger partial charge in [0.1, 0.15) is 11.5 Å². The van der Waals surface area contributed by atoms with Gasteiger partial charge in [0, 0.05) is 24.8 Å². The molecule has 1 aromatic heterocycles. The Morgan fingerprint density at radius 1 is 1.17 bits per heavy atom. The Hall–Kier alpha value is -2.83. The maximum Gasteiger partial charge on any atom is 0.274 e. The lowest BCUT2D eigenvalue weighted by atomic mass is 10.3. The van der Waals surface area contributed by atoms with Crippen LogP contribution in [-0.2, 0) is 0 Å². The van der Waals surface area contributed by atoms with Gasteiger partial charge in [-0.05, 0) is 26.0 Å². The molecule has 7 nitrogen and oxygen atoms in total. The van der Waals surface area contributed by atoms with Crippen LogP contribution in [0.4, 0.5) is 11.5 Å². The van der Waals surface area contributed by atoms with Crippen molar-refractivity contribution in [1.82, 2.24) is 14.9 Å². The van der Waals surface area contributed by atoms with Crippen LogP contribution in [0.25, 0.3) is 0 Å². The Morgan fingerprint density at radius 2 is 1.96 bits per heavy atom. The van der Waals surface area contributed by atoms with Crippen molar-refractivity contribution >= 4 is 17.4 Å². The average molecular weight is 314 g/mol. The Morgan fingerprint density at radius 3 is 2.65 bits per heavy atom. The van der Waals surface area contributed by atoms with E-state index in [1.807, 2.05) is 32.0 Å². The highest BCUT2D eigenvalue weighted by atomic mass is 16.7. The molecule has 1 amide bonds. The van der Waals surface area contributed by atoms with Crippen LogP contribution in [0.5, 0.6) is 11.5 Å². The van der Waals surface area contributed by atoms with E-state index < -0.39 is 0 Å². The minimum atomic E-state index is -0.114. The largest absolute Gasteiger partial charge is 0.454 e. The van der Waals surface area contributed by atoms with E-state index in [9.17, 15) is 4.79 Å². The van der Waals surface area contributed by atoms with E-state index in [1.165, 1.54) is 6.20 Å². The number of carbonyl (C=O) groups excluding carboxylic acids is 1. The SMILES string of the molecule is CCN(CC)C(=O)c1cnc(Nc2ccc3c(c2)OCO3)cn1. The van der Waals surface area contributed by atoms with Gasteiger partial charge < -0.3 is 19.7 Å². The van der Waals surface area contributed by atoms with E-state index in [-0.39, 0.29) is 12.7 Å². The quantitative estimate of drug-likeness (QED) is 0.913. The van der Waals surface area contributed by atoms with Gasteiger partial charge in [0.25, 0.3) is 5.91 Å². The van der Waals surface area contributed by atoms with E-state index >= 15 is 0 Å². The van der Waals surface area contributed by atoms with Crippen molar-refractivity contribution in [3.63, 3.8) is 0 Å². The summed E-state index contributed by atoms with van der Waals surface area (Å²) in [5.41, 5.74) is 1.15. The normalized spacial score (nSPS) is 12.1. The third kappa shape index (κ3) is 3.18. The summed E-state index contributed by atoms with van der Waals surface area (Å²) in [7, 11) is 0. The van der Waals surface area contributed by atoms with Crippen LogP contribution in [0.2, 0.25) is 0 Å². The van der Waals surface area contributed by atoms with Gasteiger partial charge in [-0.15, -0.1) is 0 Å². The molecule has 0 bridgehead atoms. The highest BCUT2D eigenvalue weighted by Gasteiger charge is 2.15. The Labute approximate surface area is 134 Å². The molecule has 1 N–H and O–H groups in total. The molecular weight excluding hydrogens is 296 g/mol. The highest BCUT2D eigenvalue weighted by Crippen LogP contribution is 2.34. The van der Waals surface area contributed by atoms with E-state index in [4.69, 9.17) is 9.47 Å². The van der Waals surface area contributed by atoms with Crippen LogP contribution in [-0.4, -0.2) is 40.7 Å². The standard InChI is InChI=1S/C16H18N4O3/c1-3-20(4-2)16(21)12-8-18-15(9-17-12)19-11-5-6-13-14(7-11)23-10-22-13/h5-9H,3-4,10H2,1-2H3,(H,18,19). The first-order valence-corrected chi connectivity index (χ1v) is 7.49. The van der Waals surface area contributed by atoms with Crippen LogP contribution in [0.1, 0.15) is 24.3 Å². The molecule has 23 heavy (non-hydrogen) atoms. The topological polar surface area (TPSA) is 76.6 Å². The molecule has 0 unspecified atom stereocenters. The number of aromatic nitrogens is 2. The van der Waals surface area contributed by atoms with Crippen LogP contribution >= 0.6 is 0 Å². The predicted molar refractivity (Wildman–Crippen MR) is 85.1 cm³/mol. The molecule has 120 valence electrons. The number of carbonyl (C=O) groups is 1. The molecule has 2 aromatic rings. The fourth-order valence-corrected chi connectivity index (χ4v) is 2.30. The van der Waals surface area contributed by atoms with Gasteiger partial charge in [-0.25, -0.2) is 9.97 Å². The number of ether oxygens (including phenoxy) is 2. The van der Waals surface area contributed by atoms with Gasteiger partial charge in [-0.1, -0.05) is 0 Å². The molecular formula is C16H18N4O3. The summed E-state index contributed by atoms with van der Waals surface area (Å²) in [5.74, 6) is 1.86. The zero-order valence-corrected chi connectivity index (χ0v) is 13.1. The number of benzene rings is 1. The van der Waals surface area contributed by atoms with Crippen molar-refractivity contribution in [2.75, 3.05) is 25.2 Å². The molecule has 1 aliphatic heterocycles. The molecule has 0 atom stereocenters. The minimum absolute atomic E-state index is 0.114. The van der Waals surface area contributed by atoms with Crippen molar-refractivity contribution < 1.29 is 14.3 Å². The average Bonchev–Trinajstić information content (AvgIpc) is 3.04. The zero-order chi connectivity index (χ0) is 16.2. The number of anilines is 2. The van der Waals surface area contributed by atoms with Gasteiger partial charge in [-0.3, -0.25) is 4.79 Å². The van der Waals surface area contributed by atoms with Gasteiger partial charge in [0.15, 0.2) is 11.5 Å². The van der Waals surface area contributed by atoms with Crippen molar-refractivity contribution in [2.24, 2.45) is 0 Å². The predicted octanol–water partition coefficient (Wildman–Crippen LogP) is 2.43. The molecule has 0 saturated carbocycles. The number of fused-ring (bicyclic) bond motifs is 1. The number of amides is 1. The second kappa shape index (κ2) is 6.51. The third-order valence-corrected chi connectivity index (χ3v) is 3.57. The van der Waals surface area contributed by atoms with E-state index in [0.29, 0.717) is 30.4 Å². The lowest BCUT2D eigenvalue weighted by Gasteiger charge is -2.17. The Balaban J connectivity index is 1.71. The van der Waals surface area contributed by atoms with Crippen molar-refractivity contribution in [1.29, 1.82) is 0 Å². The van der Waals surface area contributed by atoms with Gasteiger partial charge >= 0.3 is 0 Å². The van der Waals surface area contributed by atoms with Crippen LogP contribution in [0, 0.1) is 0 Å². The number of nitrogens with zero attached hydrogens (tertiary/aromatic N) is 3.